The Balaban J connectivity index is 1.56. The summed E-state index contributed by atoms with van der Waals surface area (Å²) in [6, 6.07) is 12.6. The van der Waals surface area contributed by atoms with Crippen LogP contribution in [0, 0.1) is 20.8 Å². The van der Waals surface area contributed by atoms with E-state index in [0.717, 1.165) is 64.7 Å². The van der Waals surface area contributed by atoms with E-state index in [-0.39, 0.29) is 0 Å². The molecule has 0 atom stereocenters. The molecule has 4 aromatic rings. The first-order chi connectivity index (χ1) is 16.9. The van der Waals surface area contributed by atoms with E-state index in [1.807, 2.05) is 31.5 Å². The van der Waals surface area contributed by atoms with Crippen molar-refractivity contribution in [2.24, 2.45) is 4.99 Å². The van der Waals surface area contributed by atoms with Crippen LogP contribution in [0.5, 0.6) is 0 Å². The van der Waals surface area contributed by atoms with Gasteiger partial charge in [-0.05, 0) is 61.2 Å². The van der Waals surface area contributed by atoms with Crippen LogP contribution in [0.2, 0.25) is 10.0 Å². The van der Waals surface area contributed by atoms with Gasteiger partial charge in [0.2, 0.25) is 0 Å². The Morgan fingerprint density at radius 2 is 1.77 bits per heavy atom. The molecule has 7 heteroatoms. The lowest BCUT2D eigenvalue weighted by Crippen LogP contribution is -2.31. The van der Waals surface area contributed by atoms with Crippen LogP contribution in [0.25, 0.3) is 16.9 Å². The third-order valence-electron chi connectivity index (χ3n) is 6.89. The number of pyridine rings is 1. The number of fused-ring (bicyclic) bond motifs is 2. The van der Waals surface area contributed by atoms with E-state index >= 15 is 0 Å². The summed E-state index contributed by atoms with van der Waals surface area (Å²) in [6.45, 7) is 7.77. The SMILES string of the molecule is Cc1cnc(N2CCc3nn(-c4c(C)cccc4C)c(-c4cc(Cl)c5c(c4)CC=N5)c3C2)c(Cl)c1. The second-order valence-corrected chi connectivity index (χ2v) is 10.2. The summed E-state index contributed by atoms with van der Waals surface area (Å²) >= 11 is 13.3. The van der Waals surface area contributed by atoms with E-state index < -0.39 is 0 Å². The first-order valence-electron chi connectivity index (χ1n) is 11.8. The van der Waals surface area contributed by atoms with Gasteiger partial charge in [-0.1, -0.05) is 41.4 Å². The number of para-hydroxylation sites is 1. The average molecular weight is 502 g/mol. The summed E-state index contributed by atoms with van der Waals surface area (Å²) < 4.78 is 2.12. The molecule has 35 heavy (non-hydrogen) atoms. The second kappa shape index (κ2) is 8.51. The molecule has 0 saturated heterocycles. The molecular weight excluding hydrogens is 477 g/mol. The van der Waals surface area contributed by atoms with Crippen molar-refractivity contribution in [3.8, 4) is 16.9 Å². The highest BCUT2D eigenvalue weighted by molar-refractivity contribution is 6.34. The lowest BCUT2D eigenvalue weighted by Gasteiger charge is -2.29. The standard InChI is InChI=1S/C28H25Cl2N5/c1-16-11-23(30)28(32-14-16)34-10-8-24-21(15-34)27(20-12-19-7-9-31-25(19)22(29)13-20)35(33-24)26-17(2)5-4-6-18(26)3/h4-6,9,11-14H,7-8,10,15H2,1-3H3. The zero-order valence-electron chi connectivity index (χ0n) is 19.9. The average Bonchev–Trinajstić information content (AvgIpc) is 3.43. The summed E-state index contributed by atoms with van der Waals surface area (Å²) in [6.07, 6.45) is 5.40. The molecule has 2 aromatic carbocycles. The predicted octanol–water partition coefficient (Wildman–Crippen LogP) is 6.99. The Bertz CT molecular complexity index is 1500. The zero-order valence-corrected chi connectivity index (χ0v) is 21.5. The molecule has 176 valence electrons. The van der Waals surface area contributed by atoms with Crippen molar-refractivity contribution < 1.29 is 0 Å². The monoisotopic (exact) mass is 501 g/mol. The van der Waals surface area contributed by atoms with E-state index in [2.05, 4.69) is 57.7 Å². The highest BCUT2D eigenvalue weighted by Crippen LogP contribution is 2.41. The van der Waals surface area contributed by atoms with Crippen molar-refractivity contribution in [1.82, 2.24) is 14.8 Å². The van der Waals surface area contributed by atoms with Gasteiger partial charge in [-0.3, -0.25) is 4.99 Å². The molecule has 0 unspecified atom stereocenters. The minimum atomic E-state index is 0.671. The van der Waals surface area contributed by atoms with E-state index in [1.165, 1.54) is 16.7 Å². The van der Waals surface area contributed by atoms with Crippen LogP contribution in [0.4, 0.5) is 11.5 Å². The topological polar surface area (TPSA) is 46.3 Å². The molecule has 4 heterocycles. The molecule has 2 aliphatic rings. The molecule has 0 fully saturated rings. The number of anilines is 1. The lowest BCUT2D eigenvalue weighted by molar-refractivity contribution is 0.706. The minimum Gasteiger partial charge on any atom is -0.351 e. The maximum absolute atomic E-state index is 6.71. The second-order valence-electron chi connectivity index (χ2n) is 9.40. The van der Waals surface area contributed by atoms with Crippen LogP contribution >= 0.6 is 23.2 Å². The third kappa shape index (κ3) is 3.74. The number of rotatable bonds is 3. The molecule has 2 aromatic heterocycles. The number of benzene rings is 2. The Hall–Kier alpha value is -3.15. The molecule has 2 aliphatic heterocycles. The van der Waals surface area contributed by atoms with Crippen LogP contribution in [-0.2, 0) is 19.4 Å². The van der Waals surface area contributed by atoms with Crippen molar-refractivity contribution in [3.63, 3.8) is 0 Å². The normalized spacial score (nSPS) is 14.4. The number of aryl methyl sites for hydroxylation is 3. The van der Waals surface area contributed by atoms with Gasteiger partial charge in [0, 0.05) is 49.5 Å². The van der Waals surface area contributed by atoms with Crippen molar-refractivity contribution in [3.05, 3.63) is 86.2 Å². The van der Waals surface area contributed by atoms with Crippen LogP contribution in [0.3, 0.4) is 0 Å². The fourth-order valence-electron chi connectivity index (χ4n) is 5.24. The van der Waals surface area contributed by atoms with Crippen molar-refractivity contribution >= 4 is 40.9 Å². The quantitative estimate of drug-likeness (QED) is 0.304. The van der Waals surface area contributed by atoms with Crippen LogP contribution < -0.4 is 4.90 Å². The predicted molar refractivity (Wildman–Crippen MR) is 144 cm³/mol. The van der Waals surface area contributed by atoms with Crippen molar-refractivity contribution in [2.75, 3.05) is 11.4 Å². The Morgan fingerprint density at radius 1 is 0.971 bits per heavy atom. The van der Waals surface area contributed by atoms with Gasteiger partial charge >= 0.3 is 0 Å². The number of nitrogens with zero attached hydrogens (tertiary/aromatic N) is 5. The first-order valence-corrected chi connectivity index (χ1v) is 12.6. The van der Waals surface area contributed by atoms with Crippen molar-refractivity contribution in [2.45, 2.75) is 40.2 Å². The van der Waals surface area contributed by atoms with E-state index in [4.69, 9.17) is 28.3 Å². The van der Waals surface area contributed by atoms with E-state index in [1.54, 1.807) is 0 Å². The molecule has 5 nitrogen and oxygen atoms in total. The Labute approximate surface area is 215 Å². The van der Waals surface area contributed by atoms with Crippen LogP contribution in [-0.4, -0.2) is 27.5 Å². The molecule has 0 spiro atoms. The number of aromatic nitrogens is 3. The highest BCUT2D eigenvalue weighted by atomic mass is 35.5. The summed E-state index contributed by atoms with van der Waals surface area (Å²) in [5.41, 5.74) is 11.0. The van der Waals surface area contributed by atoms with Gasteiger partial charge in [0.25, 0.3) is 0 Å². The van der Waals surface area contributed by atoms with Gasteiger partial charge in [-0.15, -0.1) is 0 Å². The minimum absolute atomic E-state index is 0.671. The molecule has 6 rings (SSSR count). The fourth-order valence-corrected chi connectivity index (χ4v) is 5.87. The van der Waals surface area contributed by atoms with Gasteiger partial charge in [0.1, 0.15) is 5.82 Å². The lowest BCUT2D eigenvalue weighted by atomic mass is 9.98. The summed E-state index contributed by atoms with van der Waals surface area (Å²) in [7, 11) is 0. The van der Waals surface area contributed by atoms with E-state index in [9.17, 15) is 0 Å². The van der Waals surface area contributed by atoms with Gasteiger partial charge in [-0.2, -0.15) is 5.10 Å². The van der Waals surface area contributed by atoms with E-state index in [0.29, 0.717) is 16.6 Å². The Morgan fingerprint density at radius 3 is 2.54 bits per heavy atom. The highest BCUT2D eigenvalue weighted by Gasteiger charge is 2.29. The number of aliphatic imine (C=N–C) groups is 1. The smallest absolute Gasteiger partial charge is 0.147 e. The Kier molecular flexibility index (Phi) is 5.42. The largest absolute Gasteiger partial charge is 0.351 e. The van der Waals surface area contributed by atoms with Gasteiger partial charge in [0.15, 0.2) is 0 Å². The molecule has 0 aliphatic carbocycles. The van der Waals surface area contributed by atoms with Gasteiger partial charge < -0.3 is 4.90 Å². The molecular formula is C28H25Cl2N5. The summed E-state index contributed by atoms with van der Waals surface area (Å²) in [4.78, 5) is 11.4. The number of halogens is 2. The zero-order chi connectivity index (χ0) is 24.3. The molecule has 0 N–H and O–H groups in total. The third-order valence-corrected chi connectivity index (χ3v) is 7.46. The molecule has 0 amide bonds. The molecule has 0 radical (unpaired) electrons. The fraction of sp³-hybridized carbons (Fsp3) is 0.250. The maximum Gasteiger partial charge on any atom is 0.147 e. The van der Waals surface area contributed by atoms with Crippen LogP contribution in [0.1, 0.15) is 33.5 Å². The number of hydrogen-bond donors (Lipinski definition) is 0. The molecule has 0 saturated carbocycles. The summed E-state index contributed by atoms with van der Waals surface area (Å²) in [5.74, 6) is 0.814. The molecule has 0 bridgehead atoms. The first kappa shape index (κ1) is 22.3. The van der Waals surface area contributed by atoms with Crippen molar-refractivity contribution in [1.29, 1.82) is 0 Å². The van der Waals surface area contributed by atoms with Gasteiger partial charge in [-0.25, -0.2) is 9.67 Å². The maximum atomic E-state index is 6.71. The number of hydrogen-bond acceptors (Lipinski definition) is 4. The summed E-state index contributed by atoms with van der Waals surface area (Å²) in [5, 5.41) is 6.52. The van der Waals surface area contributed by atoms with Gasteiger partial charge in [0.05, 0.1) is 32.8 Å². The van der Waals surface area contributed by atoms with Crippen LogP contribution in [0.15, 0.2) is 47.6 Å².